The molecule has 0 bridgehead atoms. The average molecular weight is 362 g/mol. The van der Waals surface area contributed by atoms with Crippen LogP contribution >= 0.6 is 15.9 Å². The van der Waals surface area contributed by atoms with Gasteiger partial charge in [0, 0.05) is 4.47 Å². The quantitative estimate of drug-likeness (QED) is 0.850. The van der Waals surface area contributed by atoms with Crippen LogP contribution in [0.25, 0.3) is 0 Å². The number of hydrogen-bond donors (Lipinski definition) is 1. The fourth-order valence-corrected chi connectivity index (χ4v) is 2.81. The summed E-state index contributed by atoms with van der Waals surface area (Å²) in [6, 6.07) is 11.7. The van der Waals surface area contributed by atoms with Gasteiger partial charge >= 0.3 is 0 Å². The number of hydrogen-bond acceptors (Lipinski definition) is 2. The molecule has 2 rings (SSSR count). The average Bonchev–Trinajstić information content (AvgIpc) is 2.40. The van der Waals surface area contributed by atoms with Crippen molar-refractivity contribution in [1.29, 1.82) is 0 Å². The first kappa shape index (κ1) is 16.6. The van der Waals surface area contributed by atoms with E-state index in [2.05, 4.69) is 27.3 Å². The van der Waals surface area contributed by atoms with E-state index in [0.29, 0.717) is 5.75 Å². The van der Waals surface area contributed by atoms with Crippen LogP contribution in [-0.4, -0.2) is 12.0 Å². The van der Waals surface area contributed by atoms with E-state index in [1.165, 1.54) is 0 Å². The minimum absolute atomic E-state index is 0.177. The number of carbonyl (C=O) groups is 1. The number of halogens is 1. The topological polar surface area (TPSA) is 38.3 Å². The third kappa shape index (κ3) is 4.34. The van der Waals surface area contributed by atoms with Gasteiger partial charge in [0.1, 0.15) is 5.75 Å². The Labute approximate surface area is 139 Å². The third-order valence-electron chi connectivity index (χ3n) is 3.26. The van der Waals surface area contributed by atoms with Gasteiger partial charge in [-0.15, -0.1) is 0 Å². The molecule has 0 aliphatic carbocycles. The van der Waals surface area contributed by atoms with Gasteiger partial charge in [-0.3, -0.25) is 4.79 Å². The van der Waals surface area contributed by atoms with Crippen LogP contribution in [0.15, 0.2) is 40.9 Å². The Morgan fingerprint density at radius 2 is 1.68 bits per heavy atom. The van der Waals surface area contributed by atoms with E-state index in [1.54, 1.807) is 6.92 Å². The lowest BCUT2D eigenvalue weighted by Gasteiger charge is -2.16. The van der Waals surface area contributed by atoms with Crippen molar-refractivity contribution in [2.45, 2.75) is 33.8 Å². The molecule has 22 heavy (non-hydrogen) atoms. The van der Waals surface area contributed by atoms with Crippen LogP contribution in [0.4, 0.5) is 5.69 Å². The molecule has 1 unspecified atom stereocenters. The fraction of sp³-hybridized carbons (Fsp3) is 0.278. The zero-order valence-electron chi connectivity index (χ0n) is 13.2. The highest BCUT2D eigenvalue weighted by atomic mass is 79.9. The number of ether oxygens (including phenoxy) is 1. The Balaban J connectivity index is 2.05. The SMILES string of the molecule is Cc1cc(C)cc(OC(C)C(=O)Nc2ccc(C)cc2Br)c1. The Kier molecular flexibility index (Phi) is 5.24. The Hall–Kier alpha value is -1.81. The minimum Gasteiger partial charge on any atom is -0.481 e. The van der Waals surface area contributed by atoms with Crippen LogP contribution in [0, 0.1) is 20.8 Å². The van der Waals surface area contributed by atoms with Crippen molar-refractivity contribution >= 4 is 27.5 Å². The normalized spacial score (nSPS) is 11.9. The van der Waals surface area contributed by atoms with Crippen molar-refractivity contribution in [3.8, 4) is 5.75 Å². The van der Waals surface area contributed by atoms with Gasteiger partial charge in [-0.25, -0.2) is 0 Å². The Bertz CT molecular complexity index is 677. The molecule has 0 aliphatic heterocycles. The molecule has 0 saturated carbocycles. The highest BCUT2D eigenvalue weighted by molar-refractivity contribution is 9.10. The fourth-order valence-electron chi connectivity index (χ4n) is 2.21. The van der Waals surface area contributed by atoms with Crippen molar-refractivity contribution in [3.05, 3.63) is 57.6 Å². The highest BCUT2D eigenvalue weighted by Crippen LogP contribution is 2.24. The van der Waals surface area contributed by atoms with Gasteiger partial charge in [0.25, 0.3) is 5.91 Å². The summed E-state index contributed by atoms with van der Waals surface area (Å²) in [6.45, 7) is 7.76. The van der Waals surface area contributed by atoms with Crippen molar-refractivity contribution in [2.24, 2.45) is 0 Å². The third-order valence-corrected chi connectivity index (χ3v) is 3.92. The molecular formula is C18H20BrNO2. The van der Waals surface area contributed by atoms with E-state index < -0.39 is 6.10 Å². The second kappa shape index (κ2) is 6.97. The molecule has 1 amide bonds. The number of aryl methyl sites for hydroxylation is 3. The van der Waals surface area contributed by atoms with Crippen LogP contribution in [0.1, 0.15) is 23.6 Å². The number of nitrogens with one attached hydrogen (secondary N) is 1. The van der Waals surface area contributed by atoms with Crippen molar-refractivity contribution in [3.63, 3.8) is 0 Å². The number of rotatable bonds is 4. The van der Waals surface area contributed by atoms with E-state index in [-0.39, 0.29) is 5.91 Å². The summed E-state index contributed by atoms with van der Waals surface area (Å²) in [5, 5.41) is 2.88. The van der Waals surface area contributed by atoms with Gasteiger partial charge in [0.15, 0.2) is 6.10 Å². The van der Waals surface area contributed by atoms with E-state index in [1.807, 2.05) is 51.1 Å². The van der Waals surface area contributed by atoms with Crippen LogP contribution in [0.3, 0.4) is 0 Å². The molecule has 0 saturated heterocycles. The Morgan fingerprint density at radius 1 is 1.05 bits per heavy atom. The number of benzene rings is 2. The molecule has 2 aromatic carbocycles. The predicted octanol–water partition coefficient (Wildman–Crippen LogP) is 4.78. The molecular weight excluding hydrogens is 342 g/mol. The van der Waals surface area contributed by atoms with Crippen molar-refractivity contribution in [2.75, 3.05) is 5.32 Å². The summed E-state index contributed by atoms with van der Waals surface area (Å²) in [5.41, 5.74) is 4.10. The molecule has 4 heteroatoms. The van der Waals surface area contributed by atoms with Gasteiger partial charge in [-0.1, -0.05) is 12.1 Å². The Morgan fingerprint density at radius 3 is 2.27 bits per heavy atom. The van der Waals surface area contributed by atoms with Crippen molar-refractivity contribution in [1.82, 2.24) is 0 Å². The standard InChI is InChI=1S/C18H20BrNO2/c1-11-5-6-17(16(19)10-11)20-18(21)14(4)22-15-8-12(2)7-13(3)9-15/h5-10,14H,1-4H3,(H,20,21). The summed E-state index contributed by atoms with van der Waals surface area (Å²) in [5.74, 6) is 0.534. The van der Waals surface area contributed by atoms with E-state index >= 15 is 0 Å². The zero-order chi connectivity index (χ0) is 16.3. The molecule has 0 radical (unpaired) electrons. The van der Waals surface area contributed by atoms with E-state index in [0.717, 1.165) is 26.9 Å². The largest absolute Gasteiger partial charge is 0.481 e. The van der Waals surface area contributed by atoms with Crippen LogP contribution in [0.5, 0.6) is 5.75 Å². The molecule has 0 fully saturated rings. The monoisotopic (exact) mass is 361 g/mol. The second-order valence-corrected chi connectivity index (χ2v) is 6.41. The molecule has 0 aromatic heterocycles. The molecule has 0 spiro atoms. The number of carbonyl (C=O) groups excluding carboxylic acids is 1. The predicted molar refractivity (Wildman–Crippen MR) is 93.5 cm³/mol. The maximum atomic E-state index is 12.3. The molecule has 116 valence electrons. The maximum Gasteiger partial charge on any atom is 0.265 e. The van der Waals surface area contributed by atoms with Crippen LogP contribution in [-0.2, 0) is 4.79 Å². The molecule has 1 atom stereocenters. The molecule has 0 aliphatic rings. The highest BCUT2D eigenvalue weighted by Gasteiger charge is 2.16. The lowest BCUT2D eigenvalue weighted by molar-refractivity contribution is -0.122. The molecule has 1 N–H and O–H groups in total. The first-order chi connectivity index (χ1) is 10.3. The van der Waals surface area contributed by atoms with Gasteiger partial charge < -0.3 is 10.1 Å². The molecule has 2 aromatic rings. The zero-order valence-corrected chi connectivity index (χ0v) is 14.8. The summed E-state index contributed by atoms with van der Waals surface area (Å²) < 4.78 is 6.61. The van der Waals surface area contributed by atoms with E-state index in [4.69, 9.17) is 4.74 Å². The van der Waals surface area contributed by atoms with Gasteiger partial charge in [0.2, 0.25) is 0 Å². The van der Waals surface area contributed by atoms with Crippen LogP contribution in [0.2, 0.25) is 0 Å². The van der Waals surface area contributed by atoms with Gasteiger partial charge in [-0.05, 0) is 84.6 Å². The first-order valence-electron chi connectivity index (χ1n) is 7.17. The lowest BCUT2D eigenvalue weighted by Crippen LogP contribution is -2.30. The maximum absolute atomic E-state index is 12.3. The number of anilines is 1. The lowest BCUT2D eigenvalue weighted by atomic mass is 10.1. The molecule has 0 heterocycles. The second-order valence-electron chi connectivity index (χ2n) is 5.56. The number of amides is 1. The van der Waals surface area contributed by atoms with Gasteiger partial charge in [0.05, 0.1) is 5.69 Å². The summed E-state index contributed by atoms with van der Waals surface area (Å²) in [7, 11) is 0. The first-order valence-corrected chi connectivity index (χ1v) is 7.96. The van der Waals surface area contributed by atoms with Crippen LogP contribution < -0.4 is 10.1 Å². The van der Waals surface area contributed by atoms with Crippen molar-refractivity contribution < 1.29 is 9.53 Å². The van der Waals surface area contributed by atoms with Gasteiger partial charge in [-0.2, -0.15) is 0 Å². The summed E-state index contributed by atoms with van der Waals surface area (Å²) in [6.07, 6.45) is -0.575. The molecule has 3 nitrogen and oxygen atoms in total. The smallest absolute Gasteiger partial charge is 0.265 e. The van der Waals surface area contributed by atoms with E-state index in [9.17, 15) is 4.79 Å². The summed E-state index contributed by atoms with van der Waals surface area (Å²) >= 11 is 3.46. The summed E-state index contributed by atoms with van der Waals surface area (Å²) in [4.78, 5) is 12.3. The minimum atomic E-state index is -0.575.